The molecule has 0 aliphatic heterocycles. The van der Waals surface area contributed by atoms with Crippen LogP contribution in [-0.2, 0) is 6.42 Å². The van der Waals surface area contributed by atoms with Gasteiger partial charge in [0.05, 0.1) is 0 Å². The Balaban J connectivity index is 1.76. The van der Waals surface area contributed by atoms with E-state index in [4.69, 9.17) is 0 Å². The first-order chi connectivity index (χ1) is 24.0. The van der Waals surface area contributed by atoms with Gasteiger partial charge in [-0.05, 0) is 0 Å². The van der Waals surface area contributed by atoms with Crippen molar-refractivity contribution in [3.05, 3.63) is 199 Å². The van der Waals surface area contributed by atoms with Gasteiger partial charge in [-0.1, -0.05) is 0 Å². The Hall–Kier alpha value is -4.30. The first-order valence-corrected chi connectivity index (χ1v) is 22.4. The van der Waals surface area contributed by atoms with Crippen molar-refractivity contribution in [3.8, 4) is 33.4 Å². The van der Waals surface area contributed by atoms with Crippen molar-refractivity contribution in [2.45, 2.75) is 20.3 Å². The van der Waals surface area contributed by atoms with Crippen LogP contribution in [-0.4, -0.2) is 6.16 Å². The van der Waals surface area contributed by atoms with Gasteiger partial charge in [-0.15, -0.1) is 0 Å². The molecule has 0 amide bonds. The average Bonchev–Trinajstić information content (AvgIpc) is 3.16. The van der Waals surface area contributed by atoms with Gasteiger partial charge in [-0.3, -0.25) is 0 Å². The van der Waals surface area contributed by atoms with E-state index >= 15 is 0 Å². The zero-order valence-electron chi connectivity index (χ0n) is 28.2. The molecule has 7 rings (SSSR count). The van der Waals surface area contributed by atoms with Gasteiger partial charge >= 0.3 is 307 Å². The van der Waals surface area contributed by atoms with E-state index in [9.17, 15) is 0 Å². The number of hydrogen-bond donors (Lipinski definition) is 0. The molecule has 49 heavy (non-hydrogen) atoms. The Kier molecular flexibility index (Phi) is 9.68. The number of benzene rings is 7. The summed E-state index contributed by atoms with van der Waals surface area (Å²) in [7, 11) is 0. The molecule has 0 N–H and O–H groups in total. The van der Waals surface area contributed by atoms with Crippen LogP contribution >= 0.6 is 26.3 Å². The molecule has 242 valence electrons. The van der Waals surface area contributed by atoms with Crippen molar-refractivity contribution in [2.24, 2.45) is 5.92 Å². The summed E-state index contributed by atoms with van der Waals surface area (Å²) in [4.78, 5) is 0. The quantitative estimate of drug-likeness (QED) is 0.0961. The van der Waals surface area contributed by atoms with Crippen LogP contribution in [0.5, 0.6) is 0 Å². The van der Waals surface area contributed by atoms with Gasteiger partial charge in [0.15, 0.2) is 0 Å². The molecule has 0 aromatic heterocycles. The fourth-order valence-electron chi connectivity index (χ4n) is 7.67. The van der Waals surface area contributed by atoms with Crippen molar-refractivity contribution in [1.29, 1.82) is 0 Å². The van der Waals surface area contributed by atoms with Crippen molar-refractivity contribution < 1.29 is 0 Å². The molecule has 0 bridgehead atoms. The van der Waals surface area contributed by atoms with Gasteiger partial charge in [0.1, 0.15) is 0 Å². The summed E-state index contributed by atoms with van der Waals surface area (Å²) in [5.74, 6) is 0.449. The second-order valence-electron chi connectivity index (χ2n) is 13.4. The number of halogens is 1. The van der Waals surface area contributed by atoms with Gasteiger partial charge < -0.3 is 0 Å². The summed E-state index contributed by atoms with van der Waals surface area (Å²) in [5.41, 5.74) is 10.4. The molecule has 0 saturated carbocycles. The summed E-state index contributed by atoms with van der Waals surface area (Å²) in [5, 5.41) is 4.29. The van der Waals surface area contributed by atoms with Crippen molar-refractivity contribution in [3.63, 3.8) is 0 Å². The monoisotopic (exact) mass is 764 g/mol. The Bertz CT molecular complexity index is 2090. The van der Waals surface area contributed by atoms with Crippen LogP contribution in [0.15, 0.2) is 188 Å². The van der Waals surface area contributed by atoms with E-state index in [1.165, 1.54) is 60.4 Å². The van der Waals surface area contributed by atoms with E-state index in [-0.39, 0.29) is 0 Å². The third kappa shape index (κ3) is 6.31. The molecular formula is C47H42IP. The van der Waals surface area contributed by atoms with Crippen LogP contribution in [0, 0.1) is 5.92 Å². The minimum atomic E-state index is -3.22. The number of hydrogen-bond acceptors (Lipinski definition) is 0. The van der Waals surface area contributed by atoms with E-state index in [1.54, 1.807) is 0 Å². The summed E-state index contributed by atoms with van der Waals surface area (Å²) < 4.78 is -3.22. The van der Waals surface area contributed by atoms with Crippen molar-refractivity contribution in [2.75, 3.05) is 6.16 Å². The molecule has 0 unspecified atom stereocenters. The van der Waals surface area contributed by atoms with E-state index in [0.717, 1.165) is 12.6 Å². The Labute approximate surface area is 305 Å². The molecule has 0 aliphatic rings. The standard InChI is InChI=1S/C47H42IP/c1-36(2)35-49(48,42-29-17-7-18-30-42,43-31-19-8-20-32-43)44-34-41(33-37-21-9-3-10-22-37)45(38-23-11-4-12-24-38)47(40-27-15-6-16-28-40)46(44)39-25-13-5-14-26-39/h3-32,34,36H,33,35H2,1-2H3. The van der Waals surface area contributed by atoms with Gasteiger partial charge in [0, 0.05) is 0 Å². The van der Waals surface area contributed by atoms with E-state index in [0.29, 0.717) is 5.92 Å². The summed E-state index contributed by atoms with van der Waals surface area (Å²) >= 11 is 3.01. The second-order valence-corrected chi connectivity index (χ2v) is 24.0. The predicted octanol–water partition coefficient (Wildman–Crippen LogP) is 12.1. The molecule has 0 spiro atoms. The van der Waals surface area contributed by atoms with Crippen LogP contribution in [0.2, 0.25) is 0 Å². The van der Waals surface area contributed by atoms with Crippen LogP contribution in [0.25, 0.3) is 33.4 Å². The topological polar surface area (TPSA) is 0 Å². The predicted molar refractivity (Wildman–Crippen MR) is 224 cm³/mol. The molecule has 0 atom stereocenters. The summed E-state index contributed by atoms with van der Waals surface area (Å²) in [6.45, 7) is 4.80. The van der Waals surface area contributed by atoms with Crippen molar-refractivity contribution in [1.82, 2.24) is 0 Å². The molecular weight excluding hydrogens is 722 g/mol. The third-order valence-corrected chi connectivity index (χ3v) is 21.2. The Morgan fingerprint density at radius 1 is 0.449 bits per heavy atom. The molecule has 0 fully saturated rings. The minimum absolute atomic E-state index is 0.449. The van der Waals surface area contributed by atoms with E-state index in [1.807, 2.05) is 0 Å². The summed E-state index contributed by atoms with van der Waals surface area (Å²) in [6, 6.07) is 69.9. The second kappa shape index (κ2) is 14.3. The van der Waals surface area contributed by atoms with Crippen molar-refractivity contribution >= 4 is 42.2 Å². The van der Waals surface area contributed by atoms with Gasteiger partial charge in [0.2, 0.25) is 0 Å². The van der Waals surface area contributed by atoms with Crippen LogP contribution in [0.4, 0.5) is 0 Å². The van der Waals surface area contributed by atoms with Gasteiger partial charge in [0.25, 0.3) is 0 Å². The Morgan fingerprint density at radius 2 is 0.816 bits per heavy atom. The molecule has 0 heterocycles. The maximum atomic E-state index is 3.01. The van der Waals surface area contributed by atoms with Gasteiger partial charge in [-0.2, -0.15) is 0 Å². The molecule has 7 aromatic rings. The normalized spacial score (nSPS) is 12.4. The van der Waals surface area contributed by atoms with E-state index in [2.05, 4.69) is 224 Å². The van der Waals surface area contributed by atoms with Gasteiger partial charge in [-0.25, -0.2) is 0 Å². The SMILES string of the molecule is CC(C)CP(I)(c1ccccc1)(c1ccccc1)c1cc(Cc2ccccc2)c(-c2ccccc2)c(-c2ccccc2)c1-c1ccccc1. The third-order valence-electron chi connectivity index (χ3n) is 9.61. The summed E-state index contributed by atoms with van der Waals surface area (Å²) in [6.07, 6.45) is 1.88. The molecule has 0 aliphatic carbocycles. The van der Waals surface area contributed by atoms with Crippen LogP contribution < -0.4 is 15.9 Å². The fraction of sp³-hybridized carbons (Fsp3) is 0.106. The number of rotatable bonds is 10. The average molecular weight is 765 g/mol. The molecule has 0 saturated heterocycles. The zero-order chi connectivity index (χ0) is 33.7. The molecule has 7 aromatic carbocycles. The first-order valence-electron chi connectivity index (χ1n) is 17.2. The fourth-order valence-corrected chi connectivity index (χ4v) is 18.7. The van der Waals surface area contributed by atoms with E-state index < -0.39 is 4.25 Å². The molecule has 0 radical (unpaired) electrons. The Morgan fingerprint density at radius 3 is 1.24 bits per heavy atom. The van der Waals surface area contributed by atoms with Crippen LogP contribution in [0.3, 0.4) is 0 Å². The molecule has 0 nitrogen and oxygen atoms in total. The molecule has 2 heteroatoms. The zero-order valence-corrected chi connectivity index (χ0v) is 31.3. The van der Waals surface area contributed by atoms with Crippen LogP contribution in [0.1, 0.15) is 25.0 Å². The maximum absolute atomic E-state index is 3.22. The first kappa shape index (κ1) is 33.2.